The molecule has 3 aromatic carbocycles. The fraction of sp³-hybridized carbons (Fsp3) is 0.0455. The van der Waals surface area contributed by atoms with E-state index in [-0.39, 0.29) is 29.2 Å². The summed E-state index contributed by atoms with van der Waals surface area (Å²) in [5.74, 6) is -2.44. The second-order valence-corrected chi connectivity index (χ2v) is 6.74. The molecule has 0 saturated carbocycles. The highest BCUT2D eigenvalue weighted by Crippen LogP contribution is 2.26. The van der Waals surface area contributed by atoms with E-state index in [4.69, 9.17) is 21.4 Å². The fourth-order valence-electron chi connectivity index (χ4n) is 2.72. The van der Waals surface area contributed by atoms with Crippen molar-refractivity contribution in [3.05, 3.63) is 88.4 Å². The van der Waals surface area contributed by atoms with E-state index in [2.05, 4.69) is 5.32 Å². The van der Waals surface area contributed by atoms with Gasteiger partial charge in [0.1, 0.15) is 11.5 Å². The van der Waals surface area contributed by atoms with Gasteiger partial charge >= 0.3 is 11.9 Å². The fourth-order valence-corrected chi connectivity index (χ4v) is 2.84. The Morgan fingerprint density at radius 2 is 1.50 bits per heavy atom. The molecule has 0 atom stereocenters. The molecular formula is C22H16ClNO6. The summed E-state index contributed by atoms with van der Waals surface area (Å²) in [6.07, 6.45) is 0.168. The van der Waals surface area contributed by atoms with Crippen molar-refractivity contribution in [2.24, 2.45) is 0 Å². The number of halogens is 1. The highest BCUT2D eigenvalue weighted by atomic mass is 35.5. The Kier molecular flexibility index (Phi) is 6.34. The largest absolute Gasteiger partial charge is 0.478 e. The quantitative estimate of drug-likeness (QED) is 0.505. The van der Waals surface area contributed by atoms with Crippen LogP contribution in [-0.2, 0) is 11.2 Å². The maximum Gasteiger partial charge on any atom is 0.336 e. The Morgan fingerprint density at radius 3 is 2.17 bits per heavy atom. The molecule has 0 bridgehead atoms. The van der Waals surface area contributed by atoms with Crippen LogP contribution in [0.3, 0.4) is 0 Å². The molecule has 0 spiro atoms. The van der Waals surface area contributed by atoms with Crippen LogP contribution in [0.5, 0.6) is 11.5 Å². The summed E-state index contributed by atoms with van der Waals surface area (Å²) in [5.41, 5.74) is 0.585. The molecule has 7 nitrogen and oxygen atoms in total. The van der Waals surface area contributed by atoms with Crippen molar-refractivity contribution >= 4 is 35.1 Å². The second kappa shape index (κ2) is 9.11. The van der Waals surface area contributed by atoms with Gasteiger partial charge in [-0.2, -0.15) is 0 Å². The predicted octanol–water partition coefficient (Wildman–Crippen LogP) is 4.71. The second-order valence-electron chi connectivity index (χ2n) is 6.30. The summed E-state index contributed by atoms with van der Waals surface area (Å²) in [4.78, 5) is 34.7. The summed E-state index contributed by atoms with van der Waals surface area (Å²) >= 11 is 5.84. The zero-order valence-corrected chi connectivity index (χ0v) is 16.2. The number of anilines is 1. The smallest absolute Gasteiger partial charge is 0.336 e. The van der Waals surface area contributed by atoms with Gasteiger partial charge in [-0.15, -0.1) is 0 Å². The van der Waals surface area contributed by atoms with Crippen LogP contribution in [-0.4, -0.2) is 28.1 Å². The van der Waals surface area contributed by atoms with Gasteiger partial charge in [-0.25, -0.2) is 9.59 Å². The molecule has 0 unspecified atom stereocenters. The first-order valence-electron chi connectivity index (χ1n) is 8.74. The maximum absolute atomic E-state index is 12.3. The summed E-state index contributed by atoms with van der Waals surface area (Å²) in [7, 11) is 0. The molecule has 1 amide bonds. The van der Waals surface area contributed by atoms with E-state index in [0.717, 1.165) is 11.6 Å². The van der Waals surface area contributed by atoms with Gasteiger partial charge in [-0.3, -0.25) is 4.79 Å². The summed E-state index contributed by atoms with van der Waals surface area (Å²) in [6.45, 7) is 0. The average molecular weight is 426 g/mol. The number of carboxylic acids is 2. The van der Waals surface area contributed by atoms with E-state index in [1.54, 1.807) is 48.5 Å². The van der Waals surface area contributed by atoms with Gasteiger partial charge in [-0.05, 0) is 48.0 Å². The predicted molar refractivity (Wildman–Crippen MR) is 111 cm³/mol. The van der Waals surface area contributed by atoms with Crippen molar-refractivity contribution in [2.75, 3.05) is 5.32 Å². The van der Waals surface area contributed by atoms with Gasteiger partial charge in [0.15, 0.2) is 0 Å². The molecule has 0 radical (unpaired) electrons. The van der Waals surface area contributed by atoms with Crippen LogP contribution in [0.15, 0.2) is 66.7 Å². The zero-order valence-electron chi connectivity index (χ0n) is 15.5. The van der Waals surface area contributed by atoms with Crippen LogP contribution < -0.4 is 10.1 Å². The highest BCUT2D eigenvalue weighted by molar-refractivity contribution is 6.30. The zero-order chi connectivity index (χ0) is 21.7. The molecule has 0 fully saturated rings. The molecule has 3 aromatic rings. The average Bonchev–Trinajstić information content (AvgIpc) is 2.69. The molecule has 30 heavy (non-hydrogen) atoms. The van der Waals surface area contributed by atoms with Gasteiger partial charge in [0.25, 0.3) is 0 Å². The van der Waals surface area contributed by atoms with E-state index in [1.165, 1.54) is 12.1 Å². The normalized spacial score (nSPS) is 10.3. The number of carbonyl (C=O) groups is 3. The minimum Gasteiger partial charge on any atom is -0.478 e. The molecule has 0 aliphatic carbocycles. The lowest BCUT2D eigenvalue weighted by atomic mass is 10.1. The van der Waals surface area contributed by atoms with E-state index in [1.807, 2.05) is 0 Å². The number of nitrogens with one attached hydrogen (secondary N) is 1. The number of hydrogen-bond acceptors (Lipinski definition) is 4. The topological polar surface area (TPSA) is 113 Å². The van der Waals surface area contributed by atoms with E-state index in [9.17, 15) is 19.5 Å². The number of rotatable bonds is 7. The monoisotopic (exact) mass is 425 g/mol. The molecule has 0 aliphatic heterocycles. The first-order chi connectivity index (χ1) is 14.3. The number of amides is 1. The number of carbonyl (C=O) groups excluding carboxylic acids is 1. The van der Waals surface area contributed by atoms with Crippen LogP contribution >= 0.6 is 11.6 Å². The summed E-state index contributed by atoms with van der Waals surface area (Å²) < 4.78 is 5.64. The van der Waals surface area contributed by atoms with Crippen molar-refractivity contribution in [1.29, 1.82) is 0 Å². The van der Waals surface area contributed by atoms with Gasteiger partial charge in [0, 0.05) is 16.8 Å². The number of ether oxygens (including phenoxy) is 1. The molecule has 0 aromatic heterocycles. The lowest BCUT2D eigenvalue weighted by molar-refractivity contribution is -0.115. The lowest BCUT2D eigenvalue weighted by Crippen LogP contribution is -2.14. The first kappa shape index (κ1) is 20.9. The SMILES string of the molecule is O=C(Cc1ccc(Cl)cc1)Nc1cccc(Oc2ccc(C(=O)O)c(C(=O)O)c2)c1. The van der Waals surface area contributed by atoms with Gasteiger partial charge < -0.3 is 20.3 Å². The lowest BCUT2D eigenvalue weighted by Gasteiger charge is -2.10. The third-order valence-electron chi connectivity index (χ3n) is 4.08. The van der Waals surface area contributed by atoms with Crippen molar-refractivity contribution in [2.45, 2.75) is 6.42 Å². The molecule has 0 heterocycles. The molecule has 152 valence electrons. The number of aromatic carboxylic acids is 2. The number of hydrogen-bond donors (Lipinski definition) is 3. The number of benzene rings is 3. The molecular weight excluding hydrogens is 410 g/mol. The Morgan fingerprint density at radius 1 is 0.833 bits per heavy atom. The third-order valence-corrected chi connectivity index (χ3v) is 4.34. The van der Waals surface area contributed by atoms with Gasteiger partial charge in [-0.1, -0.05) is 29.8 Å². The summed E-state index contributed by atoms with van der Waals surface area (Å²) in [5, 5.41) is 21.6. The minimum absolute atomic E-state index is 0.155. The van der Waals surface area contributed by atoms with Crippen LogP contribution in [0.2, 0.25) is 5.02 Å². The van der Waals surface area contributed by atoms with Crippen LogP contribution in [0.25, 0.3) is 0 Å². The maximum atomic E-state index is 12.3. The van der Waals surface area contributed by atoms with E-state index >= 15 is 0 Å². The van der Waals surface area contributed by atoms with Crippen molar-refractivity contribution in [1.82, 2.24) is 0 Å². The molecule has 3 rings (SSSR count). The van der Waals surface area contributed by atoms with Gasteiger partial charge in [0.2, 0.25) is 5.91 Å². The van der Waals surface area contributed by atoms with Gasteiger partial charge in [0.05, 0.1) is 17.5 Å². The first-order valence-corrected chi connectivity index (χ1v) is 9.12. The van der Waals surface area contributed by atoms with Crippen LogP contribution in [0, 0.1) is 0 Å². The third kappa shape index (κ3) is 5.36. The molecule has 3 N–H and O–H groups in total. The molecule has 8 heteroatoms. The van der Waals surface area contributed by atoms with Crippen molar-refractivity contribution in [3.8, 4) is 11.5 Å². The Bertz CT molecular complexity index is 1110. The Labute approximate surface area is 176 Å². The van der Waals surface area contributed by atoms with E-state index in [0.29, 0.717) is 16.5 Å². The highest BCUT2D eigenvalue weighted by Gasteiger charge is 2.17. The Hall–Kier alpha value is -3.84. The Balaban J connectivity index is 1.71. The van der Waals surface area contributed by atoms with E-state index < -0.39 is 11.9 Å². The molecule has 0 aliphatic rings. The van der Waals surface area contributed by atoms with Crippen molar-refractivity contribution < 1.29 is 29.3 Å². The van der Waals surface area contributed by atoms with Crippen LogP contribution in [0.1, 0.15) is 26.3 Å². The molecule has 0 saturated heterocycles. The summed E-state index contributed by atoms with van der Waals surface area (Å²) in [6, 6.07) is 17.2. The standard InChI is InChI=1S/C22H16ClNO6/c23-14-6-4-13(5-7-14)10-20(25)24-15-2-1-3-16(11-15)30-17-8-9-18(21(26)27)19(12-17)22(28)29/h1-9,11-12H,10H2,(H,24,25)(H,26,27)(H,28,29). The van der Waals surface area contributed by atoms with Crippen LogP contribution in [0.4, 0.5) is 5.69 Å². The minimum atomic E-state index is -1.37. The number of carboxylic acid groups (broad SMARTS) is 2. The van der Waals surface area contributed by atoms with Crippen molar-refractivity contribution in [3.63, 3.8) is 0 Å².